The topological polar surface area (TPSA) is 59.8 Å². The number of rotatable bonds is 4. The lowest BCUT2D eigenvalue weighted by atomic mass is 10.1. The molecule has 0 saturated heterocycles. The molecule has 5 nitrogen and oxygen atoms in total. The summed E-state index contributed by atoms with van der Waals surface area (Å²) in [5, 5.41) is 0.438. The Morgan fingerprint density at radius 3 is 2.46 bits per heavy atom. The quantitative estimate of drug-likeness (QED) is 0.597. The molecule has 3 aromatic rings. The summed E-state index contributed by atoms with van der Waals surface area (Å²) in [4.78, 5) is 26.4. The van der Waals surface area contributed by atoms with Crippen molar-refractivity contribution >= 4 is 33.0 Å². The van der Waals surface area contributed by atoms with Crippen molar-refractivity contribution in [2.75, 3.05) is 13.1 Å². The fraction of sp³-hybridized carbons (Fsp3) is 0.200. The number of carbonyl (C=O) groups is 1. The van der Waals surface area contributed by atoms with Crippen LogP contribution in [0.5, 0.6) is 5.75 Å². The molecule has 1 aromatic heterocycles. The molecule has 0 spiro atoms. The third-order valence-electron chi connectivity index (χ3n) is 4.13. The van der Waals surface area contributed by atoms with Gasteiger partial charge in [0.05, 0.1) is 10.9 Å². The highest BCUT2D eigenvalue weighted by molar-refractivity contribution is 9.10. The third kappa shape index (κ3) is 3.65. The number of ether oxygens (including phenoxy) is 1. The molecular formula is C20H18BrNO4. The summed E-state index contributed by atoms with van der Waals surface area (Å²) in [6.07, 6.45) is 1.01. The van der Waals surface area contributed by atoms with Gasteiger partial charge in [-0.3, -0.25) is 4.79 Å². The summed E-state index contributed by atoms with van der Waals surface area (Å²) in [6.45, 7) is 4.89. The van der Waals surface area contributed by atoms with Crippen LogP contribution in [0.3, 0.4) is 0 Å². The maximum absolute atomic E-state index is 12.8. The predicted molar refractivity (Wildman–Crippen MR) is 105 cm³/mol. The molecule has 134 valence electrons. The first-order chi connectivity index (χ1) is 12.5. The highest BCUT2D eigenvalue weighted by Gasteiger charge is 2.14. The summed E-state index contributed by atoms with van der Waals surface area (Å²) in [5.41, 5.74) is 1.51. The molecule has 0 radical (unpaired) electrons. The lowest BCUT2D eigenvalue weighted by molar-refractivity contribution is 0.157. The molecular weight excluding hydrogens is 398 g/mol. The number of amides is 1. The average Bonchev–Trinajstić information content (AvgIpc) is 2.64. The molecule has 0 saturated carbocycles. The van der Waals surface area contributed by atoms with Crippen LogP contribution in [-0.4, -0.2) is 24.1 Å². The monoisotopic (exact) mass is 415 g/mol. The molecule has 3 rings (SSSR count). The van der Waals surface area contributed by atoms with Gasteiger partial charge in [0.15, 0.2) is 5.43 Å². The van der Waals surface area contributed by atoms with Crippen molar-refractivity contribution in [3.8, 4) is 16.9 Å². The Balaban J connectivity index is 1.95. The van der Waals surface area contributed by atoms with Crippen molar-refractivity contribution in [2.24, 2.45) is 0 Å². The Morgan fingerprint density at radius 2 is 1.81 bits per heavy atom. The second-order valence-corrected chi connectivity index (χ2v) is 6.60. The first-order valence-corrected chi connectivity index (χ1v) is 9.11. The molecule has 1 heterocycles. The van der Waals surface area contributed by atoms with E-state index >= 15 is 0 Å². The van der Waals surface area contributed by atoms with Gasteiger partial charge in [-0.15, -0.1) is 0 Å². The van der Waals surface area contributed by atoms with Crippen molar-refractivity contribution in [1.82, 2.24) is 4.90 Å². The third-order valence-corrected chi connectivity index (χ3v) is 4.66. The molecule has 2 aromatic carbocycles. The van der Waals surface area contributed by atoms with Crippen LogP contribution in [0.4, 0.5) is 4.79 Å². The average molecular weight is 416 g/mol. The number of benzene rings is 2. The summed E-state index contributed by atoms with van der Waals surface area (Å²) < 4.78 is 11.9. The lowest BCUT2D eigenvalue weighted by Gasteiger charge is -2.17. The fourth-order valence-corrected chi connectivity index (χ4v) is 2.91. The Labute approximate surface area is 159 Å². The van der Waals surface area contributed by atoms with Gasteiger partial charge in [-0.25, -0.2) is 4.79 Å². The molecule has 0 N–H and O–H groups in total. The Bertz CT molecular complexity index is 991. The van der Waals surface area contributed by atoms with E-state index in [9.17, 15) is 9.59 Å². The maximum atomic E-state index is 12.8. The van der Waals surface area contributed by atoms with Gasteiger partial charge in [0.1, 0.15) is 17.6 Å². The van der Waals surface area contributed by atoms with E-state index < -0.39 is 6.09 Å². The molecule has 0 aliphatic heterocycles. The van der Waals surface area contributed by atoms with Gasteiger partial charge in [-0.2, -0.15) is 0 Å². The number of fused-ring (bicyclic) bond motifs is 1. The van der Waals surface area contributed by atoms with Crippen LogP contribution >= 0.6 is 15.9 Å². The van der Waals surface area contributed by atoms with Gasteiger partial charge in [-0.1, -0.05) is 28.1 Å². The smallest absolute Gasteiger partial charge is 0.415 e. The lowest BCUT2D eigenvalue weighted by Crippen LogP contribution is -2.33. The number of hydrogen-bond donors (Lipinski definition) is 0. The zero-order chi connectivity index (χ0) is 18.7. The molecule has 0 fully saturated rings. The van der Waals surface area contributed by atoms with E-state index in [0.29, 0.717) is 35.4 Å². The number of halogens is 1. The minimum atomic E-state index is -0.428. The van der Waals surface area contributed by atoms with Crippen LogP contribution in [0.1, 0.15) is 13.8 Å². The van der Waals surface area contributed by atoms with Crippen LogP contribution in [0, 0.1) is 0 Å². The molecule has 26 heavy (non-hydrogen) atoms. The highest BCUT2D eigenvalue weighted by atomic mass is 79.9. The fourth-order valence-electron chi connectivity index (χ4n) is 2.65. The summed E-state index contributed by atoms with van der Waals surface area (Å²) >= 11 is 3.38. The van der Waals surface area contributed by atoms with E-state index in [0.717, 1.165) is 10.0 Å². The van der Waals surface area contributed by atoms with Crippen molar-refractivity contribution in [2.45, 2.75) is 13.8 Å². The maximum Gasteiger partial charge on any atom is 0.415 e. The standard InChI is InChI=1S/C20H18BrNO4/c1-3-22(4-2)20(24)26-15-9-10-16-18(11-15)25-12-17(19(16)23)13-5-7-14(21)8-6-13/h5-12H,3-4H2,1-2H3. The molecule has 0 aliphatic rings. The Kier molecular flexibility index (Phi) is 5.42. The zero-order valence-electron chi connectivity index (χ0n) is 14.5. The summed E-state index contributed by atoms with van der Waals surface area (Å²) in [6, 6.07) is 12.2. The van der Waals surface area contributed by atoms with Gasteiger partial charge < -0.3 is 14.1 Å². The SMILES string of the molecule is CCN(CC)C(=O)Oc1ccc2c(=O)c(-c3ccc(Br)cc3)coc2c1. The normalized spacial score (nSPS) is 10.7. The Hall–Kier alpha value is -2.60. The summed E-state index contributed by atoms with van der Waals surface area (Å²) in [7, 11) is 0. The van der Waals surface area contributed by atoms with Gasteiger partial charge in [0.2, 0.25) is 0 Å². The largest absolute Gasteiger partial charge is 0.463 e. The molecule has 0 atom stereocenters. The highest BCUT2D eigenvalue weighted by Crippen LogP contribution is 2.24. The van der Waals surface area contributed by atoms with E-state index in [-0.39, 0.29) is 5.43 Å². The van der Waals surface area contributed by atoms with Gasteiger partial charge in [-0.05, 0) is 43.7 Å². The van der Waals surface area contributed by atoms with Crippen molar-refractivity contribution in [3.63, 3.8) is 0 Å². The predicted octanol–water partition coefficient (Wildman–Crippen LogP) is 5.06. The molecule has 0 aliphatic carbocycles. The Morgan fingerprint density at radius 1 is 1.12 bits per heavy atom. The van der Waals surface area contributed by atoms with E-state index in [2.05, 4.69) is 15.9 Å². The van der Waals surface area contributed by atoms with Crippen LogP contribution in [0.15, 0.2) is 62.4 Å². The number of carbonyl (C=O) groups excluding carboxylic acids is 1. The van der Waals surface area contributed by atoms with E-state index in [1.165, 1.54) is 6.26 Å². The van der Waals surface area contributed by atoms with Crippen molar-refractivity contribution < 1.29 is 13.9 Å². The van der Waals surface area contributed by atoms with Crippen LogP contribution in [0.2, 0.25) is 0 Å². The summed E-state index contributed by atoms with van der Waals surface area (Å²) in [5.74, 6) is 0.342. The van der Waals surface area contributed by atoms with Crippen molar-refractivity contribution in [1.29, 1.82) is 0 Å². The van der Waals surface area contributed by atoms with E-state index in [4.69, 9.17) is 9.15 Å². The van der Waals surface area contributed by atoms with Gasteiger partial charge in [0, 0.05) is 23.6 Å². The van der Waals surface area contributed by atoms with Crippen LogP contribution in [0.25, 0.3) is 22.1 Å². The molecule has 1 amide bonds. The van der Waals surface area contributed by atoms with Crippen LogP contribution < -0.4 is 10.2 Å². The minimum Gasteiger partial charge on any atom is -0.463 e. The minimum absolute atomic E-state index is 0.129. The zero-order valence-corrected chi connectivity index (χ0v) is 16.1. The first kappa shape index (κ1) is 18.2. The van der Waals surface area contributed by atoms with Gasteiger partial charge >= 0.3 is 6.09 Å². The first-order valence-electron chi connectivity index (χ1n) is 8.31. The van der Waals surface area contributed by atoms with E-state index in [1.807, 2.05) is 38.1 Å². The molecule has 6 heteroatoms. The second kappa shape index (κ2) is 7.74. The van der Waals surface area contributed by atoms with Crippen molar-refractivity contribution in [3.05, 3.63) is 63.4 Å². The number of nitrogens with zero attached hydrogens (tertiary/aromatic N) is 1. The second-order valence-electron chi connectivity index (χ2n) is 5.68. The molecule has 0 bridgehead atoms. The molecule has 0 unspecified atom stereocenters. The van der Waals surface area contributed by atoms with E-state index in [1.54, 1.807) is 23.1 Å². The number of hydrogen-bond acceptors (Lipinski definition) is 4. The van der Waals surface area contributed by atoms with Crippen LogP contribution in [-0.2, 0) is 0 Å². The van der Waals surface area contributed by atoms with Gasteiger partial charge in [0.25, 0.3) is 0 Å².